The van der Waals surface area contributed by atoms with Crippen molar-refractivity contribution < 1.29 is 4.79 Å². The number of amides is 2. The number of anilines is 3. The van der Waals surface area contributed by atoms with Gasteiger partial charge in [-0.15, -0.1) is 0 Å². The van der Waals surface area contributed by atoms with E-state index in [9.17, 15) is 4.79 Å². The number of nitrogens with zero attached hydrogens (tertiary/aromatic N) is 4. The summed E-state index contributed by atoms with van der Waals surface area (Å²) >= 11 is 6.58. The Morgan fingerprint density at radius 3 is 2.29 bits per heavy atom. The molecule has 0 bridgehead atoms. The van der Waals surface area contributed by atoms with Gasteiger partial charge in [0.1, 0.15) is 5.69 Å². The summed E-state index contributed by atoms with van der Waals surface area (Å²) in [6, 6.07) is 21.9. The van der Waals surface area contributed by atoms with Crippen LogP contribution < -0.4 is 21.3 Å². The number of carbonyl (C=O) groups is 1. The van der Waals surface area contributed by atoms with Crippen LogP contribution in [0.25, 0.3) is 22.6 Å². The van der Waals surface area contributed by atoms with Crippen molar-refractivity contribution in [1.29, 1.82) is 0 Å². The minimum Gasteiger partial charge on any atom is -0.376 e. The van der Waals surface area contributed by atoms with Crippen LogP contribution in [0.2, 0.25) is 5.02 Å². The second-order valence-corrected chi connectivity index (χ2v) is 8.24. The highest BCUT2D eigenvalue weighted by molar-refractivity contribution is 6.33. The SMILES string of the molecule is CN(C)c1cccc(CN)c1N(C(N)=O)c1cnc(-c2ccccc2)nc1-c1ccccc1Cl. The quantitative estimate of drug-likeness (QED) is 0.401. The molecule has 2 amide bonds. The molecule has 34 heavy (non-hydrogen) atoms. The third-order valence-corrected chi connectivity index (χ3v) is 5.74. The van der Waals surface area contributed by atoms with E-state index in [1.807, 2.05) is 85.7 Å². The third-order valence-electron chi connectivity index (χ3n) is 5.42. The first-order valence-corrected chi connectivity index (χ1v) is 11.1. The first-order valence-electron chi connectivity index (χ1n) is 10.7. The van der Waals surface area contributed by atoms with Crippen LogP contribution >= 0.6 is 11.6 Å². The fourth-order valence-electron chi connectivity index (χ4n) is 3.83. The van der Waals surface area contributed by atoms with Gasteiger partial charge in [0, 0.05) is 31.8 Å². The highest BCUT2D eigenvalue weighted by Crippen LogP contribution is 2.42. The number of rotatable bonds is 6. The largest absolute Gasteiger partial charge is 0.376 e. The number of nitrogens with two attached hydrogens (primary N) is 2. The van der Waals surface area contributed by atoms with Crippen molar-refractivity contribution in [2.24, 2.45) is 11.5 Å². The Morgan fingerprint density at radius 1 is 0.941 bits per heavy atom. The molecule has 0 aliphatic carbocycles. The predicted molar refractivity (Wildman–Crippen MR) is 138 cm³/mol. The molecule has 0 saturated carbocycles. The van der Waals surface area contributed by atoms with E-state index in [2.05, 4.69) is 4.98 Å². The summed E-state index contributed by atoms with van der Waals surface area (Å²) < 4.78 is 0. The van der Waals surface area contributed by atoms with E-state index < -0.39 is 6.03 Å². The maximum Gasteiger partial charge on any atom is 0.324 e. The van der Waals surface area contributed by atoms with Gasteiger partial charge in [-0.1, -0.05) is 72.3 Å². The van der Waals surface area contributed by atoms with E-state index in [1.165, 1.54) is 4.90 Å². The van der Waals surface area contributed by atoms with Crippen LogP contribution in [-0.4, -0.2) is 30.1 Å². The molecule has 4 N–H and O–H groups in total. The van der Waals surface area contributed by atoms with Crippen LogP contribution in [0.5, 0.6) is 0 Å². The molecule has 0 aliphatic heterocycles. The molecule has 1 heterocycles. The van der Waals surface area contributed by atoms with E-state index in [1.54, 1.807) is 12.3 Å². The fraction of sp³-hybridized carbons (Fsp3) is 0.115. The zero-order chi connectivity index (χ0) is 24.2. The molecule has 0 saturated heterocycles. The Hall–Kier alpha value is -3.94. The van der Waals surface area contributed by atoms with Gasteiger partial charge in [-0.05, 0) is 17.7 Å². The molecule has 0 radical (unpaired) electrons. The number of hydrogen-bond acceptors (Lipinski definition) is 5. The Balaban J connectivity index is 2.03. The molecule has 7 nitrogen and oxygen atoms in total. The average molecular weight is 473 g/mol. The number of hydrogen-bond donors (Lipinski definition) is 2. The molecule has 0 atom stereocenters. The molecular weight excluding hydrogens is 448 g/mol. The van der Waals surface area contributed by atoms with Crippen LogP contribution in [0.1, 0.15) is 5.56 Å². The average Bonchev–Trinajstić information content (AvgIpc) is 2.85. The number of benzene rings is 3. The third kappa shape index (κ3) is 4.44. The highest BCUT2D eigenvalue weighted by Gasteiger charge is 2.27. The van der Waals surface area contributed by atoms with Crippen LogP contribution in [-0.2, 0) is 6.54 Å². The van der Waals surface area contributed by atoms with Gasteiger partial charge >= 0.3 is 6.03 Å². The molecule has 0 spiro atoms. The summed E-state index contributed by atoms with van der Waals surface area (Å²) in [5, 5.41) is 0.492. The first-order chi connectivity index (χ1) is 16.4. The van der Waals surface area contributed by atoms with Crippen molar-refractivity contribution in [2.75, 3.05) is 23.9 Å². The normalized spacial score (nSPS) is 10.7. The standard InChI is InChI=1S/C26H25ClN6O/c1-32(2)21-14-8-11-18(15-28)24(21)33(26(29)34)22-16-30-25(17-9-4-3-5-10-17)31-23(22)19-12-6-7-13-20(19)27/h3-14,16H,15,28H2,1-2H3,(H2,29,34). The van der Waals surface area contributed by atoms with Crippen molar-refractivity contribution in [3.63, 3.8) is 0 Å². The van der Waals surface area contributed by atoms with Gasteiger partial charge in [-0.25, -0.2) is 14.8 Å². The summed E-state index contributed by atoms with van der Waals surface area (Å²) in [7, 11) is 3.78. The lowest BCUT2D eigenvalue weighted by Crippen LogP contribution is -2.34. The van der Waals surface area contributed by atoms with Crippen LogP contribution in [0.4, 0.5) is 21.9 Å². The molecular formula is C26H25ClN6O. The lowest BCUT2D eigenvalue weighted by molar-refractivity contribution is 0.256. The van der Waals surface area contributed by atoms with Gasteiger partial charge in [0.2, 0.25) is 0 Å². The maximum absolute atomic E-state index is 13.0. The van der Waals surface area contributed by atoms with Gasteiger partial charge in [-0.2, -0.15) is 0 Å². The molecule has 4 rings (SSSR count). The van der Waals surface area contributed by atoms with Gasteiger partial charge in [-0.3, -0.25) is 4.90 Å². The van der Waals surface area contributed by atoms with Gasteiger partial charge in [0.05, 0.1) is 28.3 Å². The van der Waals surface area contributed by atoms with E-state index in [4.69, 9.17) is 28.1 Å². The first kappa shape index (κ1) is 23.2. The summed E-state index contributed by atoms with van der Waals surface area (Å²) in [4.78, 5) is 25.7. The molecule has 172 valence electrons. The number of urea groups is 1. The summed E-state index contributed by atoms with van der Waals surface area (Å²) in [5.41, 5.74) is 16.5. The molecule has 0 aliphatic rings. The lowest BCUT2D eigenvalue weighted by atomic mass is 10.1. The summed E-state index contributed by atoms with van der Waals surface area (Å²) in [6.45, 7) is 0.213. The molecule has 0 fully saturated rings. The van der Waals surface area contributed by atoms with Crippen molar-refractivity contribution in [2.45, 2.75) is 6.54 Å². The number of aromatic nitrogens is 2. The fourth-order valence-corrected chi connectivity index (χ4v) is 4.05. The van der Waals surface area contributed by atoms with Crippen molar-refractivity contribution in [1.82, 2.24) is 9.97 Å². The zero-order valence-corrected chi connectivity index (χ0v) is 19.7. The number of halogens is 1. The summed E-state index contributed by atoms with van der Waals surface area (Å²) in [6.07, 6.45) is 1.60. The van der Waals surface area contributed by atoms with E-state index in [0.29, 0.717) is 33.5 Å². The lowest BCUT2D eigenvalue weighted by Gasteiger charge is -2.29. The van der Waals surface area contributed by atoms with Crippen molar-refractivity contribution in [3.8, 4) is 22.6 Å². The number of para-hydroxylation sites is 1. The maximum atomic E-state index is 13.0. The van der Waals surface area contributed by atoms with Crippen molar-refractivity contribution in [3.05, 3.63) is 89.6 Å². The zero-order valence-electron chi connectivity index (χ0n) is 18.9. The van der Waals surface area contributed by atoms with E-state index >= 15 is 0 Å². The molecule has 3 aromatic carbocycles. The minimum absolute atomic E-state index is 0.213. The Bertz CT molecular complexity index is 1330. The molecule has 1 aromatic heterocycles. The topological polar surface area (TPSA) is 101 Å². The molecule has 0 unspecified atom stereocenters. The molecule has 4 aromatic rings. The van der Waals surface area contributed by atoms with Crippen LogP contribution in [0.15, 0.2) is 79.0 Å². The number of carbonyl (C=O) groups excluding carboxylic acids is 1. The second kappa shape index (κ2) is 9.91. The van der Waals surface area contributed by atoms with E-state index in [-0.39, 0.29) is 6.54 Å². The Labute approximate surface area is 203 Å². The van der Waals surface area contributed by atoms with E-state index in [0.717, 1.165) is 16.8 Å². The second-order valence-electron chi connectivity index (χ2n) is 7.83. The van der Waals surface area contributed by atoms with Gasteiger partial charge in [0.25, 0.3) is 0 Å². The Kier molecular flexibility index (Phi) is 6.77. The smallest absolute Gasteiger partial charge is 0.324 e. The molecule has 8 heteroatoms. The predicted octanol–water partition coefficient (Wildman–Crippen LogP) is 5.21. The Morgan fingerprint density at radius 2 is 1.65 bits per heavy atom. The van der Waals surface area contributed by atoms with Gasteiger partial charge < -0.3 is 16.4 Å². The summed E-state index contributed by atoms with van der Waals surface area (Å²) in [5.74, 6) is 0.503. The van der Waals surface area contributed by atoms with Crippen LogP contribution in [0.3, 0.4) is 0 Å². The highest BCUT2D eigenvalue weighted by atomic mass is 35.5. The van der Waals surface area contributed by atoms with Crippen LogP contribution in [0, 0.1) is 0 Å². The number of primary amides is 1. The minimum atomic E-state index is -0.687. The van der Waals surface area contributed by atoms with Gasteiger partial charge in [0.15, 0.2) is 5.82 Å². The van der Waals surface area contributed by atoms with Crippen molar-refractivity contribution >= 4 is 34.7 Å². The monoisotopic (exact) mass is 472 g/mol.